The van der Waals surface area contributed by atoms with Gasteiger partial charge in [0.1, 0.15) is 5.75 Å². The van der Waals surface area contributed by atoms with Crippen molar-refractivity contribution >= 4 is 22.4 Å². The van der Waals surface area contributed by atoms with E-state index in [0.29, 0.717) is 10.9 Å². The highest BCUT2D eigenvalue weighted by Crippen LogP contribution is 2.22. The predicted molar refractivity (Wildman–Crippen MR) is 111 cm³/mol. The summed E-state index contributed by atoms with van der Waals surface area (Å²) < 4.78 is 5.79. The summed E-state index contributed by atoms with van der Waals surface area (Å²) in [5.74, 6) is 0.500. The normalized spacial score (nSPS) is 11.9. The number of anilines is 1. The Morgan fingerprint density at radius 2 is 1.74 bits per heavy atom. The third kappa shape index (κ3) is 5.41. The first-order valence-corrected chi connectivity index (χ1v) is 9.77. The van der Waals surface area contributed by atoms with Crippen molar-refractivity contribution in [3.8, 4) is 5.75 Å². The molecule has 0 spiro atoms. The third-order valence-electron chi connectivity index (χ3n) is 4.16. The van der Waals surface area contributed by atoms with Gasteiger partial charge >= 0.3 is 0 Å². The Kier molecular flexibility index (Phi) is 5.91. The number of rotatable bonds is 6. The van der Waals surface area contributed by atoms with E-state index in [2.05, 4.69) is 47.6 Å². The molecule has 0 bridgehead atoms. The van der Waals surface area contributed by atoms with Gasteiger partial charge in [0, 0.05) is 17.5 Å². The van der Waals surface area contributed by atoms with Crippen LogP contribution < -0.4 is 10.1 Å². The van der Waals surface area contributed by atoms with Crippen LogP contribution in [-0.4, -0.2) is 17.0 Å². The van der Waals surface area contributed by atoms with Crippen LogP contribution in [-0.2, 0) is 11.2 Å². The molecule has 0 aliphatic carbocycles. The summed E-state index contributed by atoms with van der Waals surface area (Å²) in [5, 5.41) is 3.45. The number of carbonyl (C=O) groups excluding carboxylic acids is 1. The van der Waals surface area contributed by atoms with Gasteiger partial charge in [-0.3, -0.25) is 10.1 Å². The highest BCUT2D eigenvalue weighted by molar-refractivity contribution is 7.15. The minimum atomic E-state index is -0.601. The van der Waals surface area contributed by atoms with E-state index in [-0.39, 0.29) is 5.91 Å². The maximum absolute atomic E-state index is 12.4. The molecule has 3 rings (SSSR count). The zero-order valence-electron chi connectivity index (χ0n) is 16.1. The van der Waals surface area contributed by atoms with Gasteiger partial charge in [0.2, 0.25) is 0 Å². The number of hydrogen-bond donors (Lipinski definition) is 1. The van der Waals surface area contributed by atoms with E-state index in [1.54, 1.807) is 6.92 Å². The Balaban J connectivity index is 1.58. The quantitative estimate of drug-likeness (QED) is 0.650. The van der Waals surface area contributed by atoms with Crippen LogP contribution in [0.1, 0.15) is 34.1 Å². The van der Waals surface area contributed by atoms with Crippen LogP contribution in [0.4, 0.5) is 5.13 Å². The van der Waals surface area contributed by atoms with Crippen molar-refractivity contribution < 1.29 is 9.53 Å². The first kappa shape index (κ1) is 19.1. The van der Waals surface area contributed by atoms with E-state index in [4.69, 9.17) is 4.74 Å². The molecule has 0 saturated heterocycles. The lowest BCUT2D eigenvalue weighted by atomic mass is 10.1. The number of aromatic nitrogens is 1. The SMILES string of the molecule is Cc1ccc(Cc2cnc(NC(=O)C(C)Oc3cc(C)cc(C)c3)s2)cc1. The van der Waals surface area contributed by atoms with Gasteiger partial charge in [-0.05, 0) is 56.5 Å². The Labute approximate surface area is 164 Å². The molecule has 0 saturated carbocycles. The van der Waals surface area contributed by atoms with Crippen molar-refractivity contribution in [2.45, 2.75) is 40.2 Å². The minimum absolute atomic E-state index is 0.203. The number of aryl methyl sites for hydroxylation is 3. The van der Waals surface area contributed by atoms with Crippen LogP contribution in [0.3, 0.4) is 0 Å². The van der Waals surface area contributed by atoms with Gasteiger partial charge in [-0.1, -0.05) is 35.9 Å². The van der Waals surface area contributed by atoms with Crippen LogP contribution in [0.2, 0.25) is 0 Å². The molecule has 0 aliphatic heterocycles. The molecule has 1 N–H and O–H groups in total. The van der Waals surface area contributed by atoms with Crippen molar-refractivity contribution in [1.29, 1.82) is 0 Å². The maximum Gasteiger partial charge on any atom is 0.266 e. The lowest BCUT2D eigenvalue weighted by molar-refractivity contribution is -0.122. The van der Waals surface area contributed by atoms with Crippen LogP contribution in [0.5, 0.6) is 5.75 Å². The topological polar surface area (TPSA) is 51.2 Å². The number of nitrogens with one attached hydrogen (secondary N) is 1. The van der Waals surface area contributed by atoms with Crippen molar-refractivity contribution in [3.05, 3.63) is 75.8 Å². The van der Waals surface area contributed by atoms with Crippen molar-refractivity contribution in [3.63, 3.8) is 0 Å². The molecule has 3 aromatic rings. The zero-order chi connectivity index (χ0) is 19.4. The van der Waals surface area contributed by atoms with Crippen molar-refractivity contribution in [1.82, 2.24) is 4.98 Å². The van der Waals surface area contributed by atoms with E-state index < -0.39 is 6.10 Å². The Morgan fingerprint density at radius 1 is 1.07 bits per heavy atom. The summed E-state index contributed by atoms with van der Waals surface area (Å²) in [6.45, 7) is 7.84. The molecule has 1 unspecified atom stereocenters. The number of hydrogen-bond acceptors (Lipinski definition) is 4. The summed E-state index contributed by atoms with van der Waals surface area (Å²) in [4.78, 5) is 17.8. The monoisotopic (exact) mass is 380 g/mol. The van der Waals surface area contributed by atoms with Gasteiger partial charge in [0.05, 0.1) is 0 Å². The molecule has 1 heterocycles. The number of nitrogens with zero attached hydrogens (tertiary/aromatic N) is 1. The van der Waals surface area contributed by atoms with E-state index in [0.717, 1.165) is 22.4 Å². The highest BCUT2D eigenvalue weighted by Gasteiger charge is 2.17. The number of amides is 1. The summed E-state index contributed by atoms with van der Waals surface area (Å²) in [6.07, 6.45) is 2.02. The van der Waals surface area contributed by atoms with E-state index >= 15 is 0 Å². The maximum atomic E-state index is 12.4. The Hall–Kier alpha value is -2.66. The molecule has 1 aromatic heterocycles. The largest absolute Gasteiger partial charge is 0.481 e. The summed E-state index contributed by atoms with van der Waals surface area (Å²) in [5.41, 5.74) is 4.69. The Morgan fingerprint density at radius 3 is 2.41 bits per heavy atom. The fourth-order valence-corrected chi connectivity index (χ4v) is 3.67. The number of ether oxygens (including phenoxy) is 1. The lowest BCUT2D eigenvalue weighted by Crippen LogP contribution is -2.30. The smallest absolute Gasteiger partial charge is 0.266 e. The molecule has 1 atom stereocenters. The molecule has 2 aromatic carbocycles. The number of thiazole rings is 1. The molecule has 140 valence electrons. The second-order valence-corrected chi connectivity index (χ2v) is 7.98. The predicted octanol–water partition coefficient (Wildman–Crippen LogP) is 5.07. The summed E-state index contributed by atoms with van der Waals surface area (Å²) in [7, 11) is 0. The first-order chi connectivity index (χ1) is 12.9. The van der Waals surface area contributed by atoms with Crippen LogP contribution >= 0.6 is 11.3 Å². The summed E-state index contributed by atoms with van der Waals surface area (Å²) in [6, 6.07) is 14.4. The molecule has 4 nitrogen and oxygen atoms in total. The average Bonchev–Trinajstić information content (AvgIpc) is 3.03. The molecular formula is C22H24N2O2S. The molecule has 5 heteroatoms. The average molecular weight is 381 g/mol. The molecule has 1 amide bonds. The molecule has 0 radical (unpaired) electrons. The first-order valence-electron chi connectivity index (χ1n) is 8.95. The summed E-state index contributed by atoms with van der Waals surface area (Å²) >= 11 is 1.49. The van der Waals surface area contributed by atoms with Crippen LogP contribution in [0.15, 0.2) is 48.7 Å². The van der Waals surface area contributed by atoms with E-state index in [9.17, 15) is 4.79 Å². The van der Waals surface area contributed by atoms with Gasteiger partial charge in [0.25, 0.3) is 5.91 Å². The highest BCUT2D eigenvalue weighted by atomic mass is 32.1. The fourth-order valence-electron chi connectivity index (χ4n) is 2.82. The van der Waals surface area contributed by atoms with E-state index in [1.165, 1.54) is 22.5 Å². The Bertz CT molecular complexity index is 911. The van der Waals surface area contributed by atoms with Gasteiger partial charge in [-0.25, -0.2) is 4.98 Å². The molecule has 0 fully saturated rings. The molecule has 27 heavy (non-hydrogen) atoms. The van der Waals surface area contributed by atoms with Crippen molar-refractivity contribution in [2.24, 2.45) is 0 Å². The second-order valence-electron chi connectivity index (χ2n) is 6.87. The lowest BCUT2D eigenvalue weighted by Gasteiger charge is -2.14. The van der Waals surface area contributed by atoms with Gasteiger partial charge in [-0.15, -0.1) is 11.3 Å². The second kappa shape index (κ2) is 8.35. The molecular weight excluding hydrogens is 356 g/mol. The fraction of sp³-hybridized carbons (Fsp3) is 0.273. The van der Waals surface area contributed by atoms with E-state index in [1.807, 2.05) is 32.2 Å². The zero-order valence-corrected chi connectivity index (χ0v) is 16.9. The van der Waals surface area contributed by atoms with Gasteiger partial charge in [-0.2, -0.15) is 0 Å². The van der Waals surface area contributed by atoms with Gasteiger partial charge in [0.15, 0.2) is 11.2 Å². The van der Waals surface area contributed by atoms with Crippen molar-refractivity contribution in [2.75, 3.05) is 5.32 Å². The number of carbonyl (C=O) groups is 1. The number of benzene rings is 2. The van der Waals surface area contributed by atoms with Crippen LogP contribution in [0, 0.1) is 20.8 Å². The van der Waals surface area contributed by atoms with Crippen LogP contribution in [0.25, 0.3) is 0 Å². The standard InChI is InChI=1S/C22H24N2O2S/c1-14-5-7-18(8-6-14)12-20-13-23-22(27-20)24-21(25)17(4)26-19-10-15(2)9-16(3)11-19/h5-11,13,17H,12H2,1-4H3,(H,23,24,25). The molecule has 0 aliphatic rings. The minimum Gasteiger partial charge on any atom is -0.481 e. The van der Waals surface area contributed by atoms with Gasteiger partial charge < -0.3 is 4.74 Å². The third-order valence-corrected chi connectivity index (χ3v) is 5.07.